The molecule has 0 saturated heterocycles. The number of rotatable bonds is 5. The van der Waals surface area contributed by atoms with Crippen LogP contribution in [-0.4, -0.2) is 44.4 Å². The number of amides is 2. The number of aromatic nitrogens is 3. The lowest BCUT2D eigenvalue weighted by Crippen LogP contribution is -2.39. The molecular weight excluding hydrogens is 326 g/mol. The molecule has 0 aliphatic carbocycles. The Labute approximate surface area is 143 Å². The molecule has 0 spiro atoms. The van der Waals surface area contributed by atoms with Gasteiger partial charge in [0.1, 0.15) is 5.65 Å². The summed E-state index contributed by atoms with van der Waals surface area (Å²) in [7, 11) is 2.81. The van der Waals surface area contributed by atoms with Crippen molar-refractivity contribution >= 4 is 22.8 Å². The monoisotopic (exact) mass is 347 g/mol. The van der Waals surface area contributed by atoms with Crippen LogP contribution in [0, 0.1) is 5.92 Å². The number of nitrogens with two attached hydrogens (primary N) is 1. The standard InChI is InChI=1S/C16H21N5O4/c1-9(2)7-21-13-11(15(24)20(4)16(21)25)5-10(6-18-13)14(23)19(3)8-12(17)22/h5-6,9H,7-8H2,1-4H3,(H2,17,22). The van der Waals surface area contributed by atoms with Gasteiger partial charge in [-0.25, -0.2) is 9.78 Å². The van der Waals surface area contributed by atoms with Gasteiger partial charge in [0.2, 0.25) is 5.91 Å². The van der Waals surface area contributed by atoms with Crippen molar-refractivity contribution in [1.29, 1.82) is 0 Å². The zero-order valence-corrected chi connectivity index (χ0v) is 14.6. The van der Waals surface area contributed by atoms with Crippen LogP contribution < -0.4 is 17.0 Å². The van der Waals surface area contributed by atoms with Gasteiger partial charge in [0.25, 0.3) is 11.5 Å². The zero-order valence-electron chi connectivity index (χ0n) is 14.6. The first kappa shape index (κ1) is 18.4. The quantitative estimate of drug-likeness (QED) is 0.767. The molecule has 2 N–H and O–H groups in total. The van der Waals surface area contributed by atoms with Crippen molar-refractivity contribution in [3.63, 3.8) is 0 Å². The minimum absolute atomic E-state index is 0.142. The van der Waals surface area contributed by atoms with E-state index < -0.39 is 23.1 Å². The zero-order chi connectivity index (χ0) is 18.9. The van der Waals surface area contributed by atoms with Crippen LogP contribution in [0.15, 0.2) is 21.9 Å². The summed E-state index contributed by atoms with van der Waals surface area (Å²) in [5, 5.41) is 0.168. The fourth-order valence-electron chi connectivity index (χ4n) is 2.54. The number of carbonyl (C=O) groups excluding carboxylic acids is 2. The van der Waals surface area contributed by atoms with Crippen LogP contribution in [0.25, 0.3) is 11.0 Å². The second kappa shape index (κ2) is 6.88. The number of likely N-dealkylation sites (N-methyl/N-ethyl adjacent to an activating group) is 1. The molecule has 0 unspecified atom stereocenters. The number of primary amides is 1. The van der Waals surface area contributed by atoms with Crippen LogP contribution in [0.2, 0.25) is 0 Å². The van der Waals surface area contributed by atoms with Gasteiger partial charge in [-0.2, -0.15) is 0 Å². The van der Waals surface area contributed by atoms with Gasteiger partial charge < -0.3 is 10.6 Å². The van der Waals surface area contributed by atoms with E-state index >= 15 is 0 Å². The predicted octanol–water partition coefficient (Wildman–Crippen LogP) is -0.691. The third-order valence-electron chi connectivity index (χ3n) is 3.71. The lowest BCUT2D eigenvalue weighted by Gasteiger charge is -2.16. The molecule has 0 aromatic carbocycles. The fraction of sp³-hybridized carbons (Fsp3) is 0.438. The third-order valence-corrected chi connectivity index (χ3v) is 3.71. The van der Waals surface area contributed by atoms with Crippen LogP contribution in [0.1, 0.15) is 24.2 Å². The average Bonchev–Trinajstić information content (AvgIpc) is 2.54. The molecule has 2 rings (SSSR count). The minimum atomic E-state index is -0.647. The summed E-state index contributed by atoms with van der Waals surface area (Å²) in [6.07, 6.45) is 1.29. The molecule has 0 saturated carbocycles. The molecule has 9 nitrogen and oxygen atoms in total. The molecular formula is C16H21N5O4. The summed E-state index contributed by atoms with van der Waals surface area (Å²) in [5.74, 6) is -0.966. The van der Waals surface area contributed by atoms with E-state index in [-0.39, 0.29) is 29.1 Å². The highest BCUT2D eigenvalue weighted by atomic mass is 16.2. The molecule has 2 aromatic rings. The highest BCUT2D eigenvalue weighted by molar-refractivity contribution is 5.98. The maximum atomic E-state index is 12.4. The molecule has 0 bridgehead atoms. The first-order valence-electron chi connectivity index (χ1n) is 7.76. The summed E-state index contributed by atoms with van der Waals surface area (Å²) < 4.78 is 2.41. The first-order chi connectivity index (χ1) is 11.6. The Kier molecular flexibility index (Phi) is 5.05. The van der Waals surface area contributed by atoms with E-state index in [1.54, 1.807) is 0 Å². The molecule has 0 fully saturated rings. The van der Waals surface area contributed by atoms with Gasteiger partial charge in [-0.1, -0.05) is 13.8 Å². The van der Waals surface area contributed by atoms with Gasteiger partial charge in [0.15, 0.2) is 0 Å². The average molecular weight is 347 g/mol. The van der Waals surface area contributed by atoms with Crippen molar-refractivity contribution in [2.75, 3.05) is 13.6 Å². The number of hydrogen-bond donors (Lipinski definition) is 1. The van der Waals surface area contributed by atoms with E-state index in [4.69, 9.17) is 5.73 Å². The maximum absolute atomic E-state index is 12.4. The number of hydrogen-bond acceptors (Lipinski definition) is 5. The van der Waals surface area contributed by atoms with Crippen LogP contribution in [0.5, 0.6) is 0 Å². The summed E-state index contributed by atoms with van der Waals surface area (Å²) in [6, 6.07) is 1.39. The molecule has 2 aromatic heterocycles. The smallest absolute Gasteiger partial charge is 0.332 e. The Morgan fingerprint density at radius 3 is 2.52 bits per heavy atom. The Morgan fingerprint density at radius 2 is 1.96 bits per heavy atom. The van der Waals surface area contributed by atoms with Crippen LogP contribution in [0.4, 0.5) is 0 Å². The molecule has 9 heteroatoms. The lowest BCUT2D eigenvalue weighted by molar-refractivity contribution is -0.118. The minimum Gasteiger partial charge on any atom is -0.368 e. The molecule has 0 atom stereocenters. The highest BCUT2D eigenvalue weighted by Crippen LogP contribution is 2.11. The van der Waals surface area contributed by atoms with Gasteiger partial charge in [-0.05, 0) is 12.0 Å². The number of carbonyl (C=O) groups is 2. The molecule has 0 aliphatic rings. The van der Waals surface area contributed by atoms with Gasteiger partial charge in [-0.15, -0.1) is 0 Å². The van der Waals surface area contributed by atoms with E-state index in [9.17, 15) is 19.2 Å². The second-order valence-electron chi connectivity index (χ2n) is 6.37. The van der Waals surface area contributed by atoms with Crippen LogP contribution in [0.3, 0.4) is 0 Å². The van der Waals surface area contributed by atoms with Crippen molar-refractivity contribution < 1.29 is 9.59 Å². The Morgan fingerprint density at radius 1 is 1.32 bits per heavy atom. The van der Waals surface area contributed by atoms with Gasteiger partial charge >= 0.3 is 5.69 Å². The Balaban J connectivity index is 2.64. The van der Waals surface area contributed by atoms with Crippen LogP contribution in [-0.2, 0) is 18.4 Å². The van der Waals surface area contributed by atoms with E-state index in [0.717, 1.165) is 9.47 Å². The largest absolute Gasteiger partial charge is 0.368 e. The predicted molar refractivity (Wildman–Crippen MR) is 92.2 cm³/mol. The van der Waals surface area contributed by atoms with Crippen molar-refractivity contribution in [3.8, 4) is 0 Å². The Bertz CT molecular complexity index is 957. The normalized spacial score (nSPS) is 11.1. The fourth-order valence-corrected chi connectivity index (χ4v) is 2.54. The summed E-state index contributed by atoms with van der Waals surface area (Å²) in [5.41, 5.74) is 4.48. The van der Waals surface area contributed by atoms with Crippen molar-refractivity contribution in [2.45, 2.75) is 20.4 Å². The van der Waals surface area contributed by atoms with Crippen LogP contribution >= 0.6 is 0 Å². The topological polar surface area (TPSA) is 120 Å². The lowest BCUT2D eigenvalue weighted by atomic mass is 10.2. The SMILES string of the molecule is CC(C)Cn1c(=O)n(C)c(=O)c2cc(C(=O)N(C)CC(N)=O)cnc21. The number of pyridine rings is 1. The molecule has 2 amide bonds. The number of nitrogens with zero attached hydrogens (tertiary/aromatic N) is 4. The molecule has 25 heavy (non-hydrogen) atoms. The highest BCUT2D eigenvalue weighted by Gasteiger charge is 2.18. The third kappa shape index (κ3) is 3.59. The van der Waals surface area contributed by atoms with E-state index in [1.807, 2.05) is 13.8 Å². The molecule has 2 heterocycles. The number of fused-ring (bicyclic) bond motifs is 1. The van der Waals surface area contributed by atoms with Gasteiger partial charge in [0.05, 0.1) is 17.5 Å². The first-order valence-corrected chi connectivity index (χ1v) is 7.76. The van der Waals surface area contributed by atoms with Crippen molar-refractivity contribution in [2.24, 2.45) is 18.7 Å². The molecule has 134 valence electrons. The summed E-state index contributed by atoms with van der Waals surface area (Å²) >= 11 is 0. The van der Waals surface area contributed by atoms with E-state index in [2.05, 4.69) is 4.98 Å². The van der Waals surface area contributed by atoms with Crippen molar-refractivity contribution in [3.05, 3.63) is 38.7 Å². The van der Waals surface area contributed by atoms with Gasteiger partial charge in [-0.3, -0.25) is 23.5 Å². The Hall–Kier alpha value is -2.97. The van der Waals surface area contributed by atoms with Gasteiger partial charge in [0, 0.05) is 26.8 Å². The van der Waals surface area contributed by atoms with Crippen molar-refractivity contribution in [1.82, 2.24) is 19.0 Å². The summed E-state index contributed by atoms with van der Waals surface area (Å²) in [4.78, 5) is 53.4. The van der Waals surface area contributed by atoms with E-state index in [1.165, 1.54) is 30.9 Å². The molecule has 0 radical (unpaired) electrons. The summed E-state index contributed by atoms with van der Waals surface area (Å²) in [6.45, 7) is 4.03. The second-order valence-corrected chi connectivity index (χ2v) is 6.37. The molecule has 0 aliphatic heterocycles. The maximum Gasteiger partial charge on any atom is 0.332 e. The van der Waals surface area contributed by atoms with E-state index in [0.29, 0.717) is 6.54 Å².